The first kappa shape index (κ1) is 64.5. The van der Waals surface area contributed by atoms with E-state index in [4.69, 9.17) is 29.9 Å². The first-order valence-corrected chi connectivity index (χ1v) is 33.3. The summed E-state index contributed by atoms with van der Waals surface area (Å²) in [6, 6.07) is 14.4. The third-order valence-corrected chi connectivity index (χ3v) is 20.3. The van der Waals surface area contributed by atoms with E-state index in [1.165, 1.54) is 36.4 Å². The molecular formula is C44H43ClN10O22S7. The van der Waals surface area contributed by atoms with Crippen LogP contribution in [-0.2, 0) is 102 Å². The van der Waals surface area contributed by atoms with E-state index in [2.05, 4.69) is 58.6 Å². The normalized spacial score (nSPS) is 13.1. The molecule has 32 nitrogen and oxygen atoms in total. The van der Waals surface area contributed by atoms with E-state index in [0.29, 0.717) is 5.56 Å². The molecule has 84 heavy (non-hydrogen) atoms. The lowest BCUT2D eigenvalue weighted by Gasteiger charge is -2.16. The van der Waals surface area contributed by atoms with Gasteiger partial charge in [-0.2, -0.15) is 65.5 Å². The fourth-order valence-electron chi connectivity index (χ4n) is 7.65. The van der Waals surface area contributed by atoms with Crippen LogP contribution in [0.4, 0.5) is 51.7 Å². The molecular weight excluding hydrogens is 1280 g/mol. The van der Waals surface area contributed by atoms with Crippen molar-refractivity contribution in [1.82, 2.24) is 15.0 Å². The highest BCUT2D eigenvalue weighted by atomic mass is 35.5. The summed E-state index contributed by atoms with van der Waals surface area (Å²) < 4.78 is 218. The van der Waals surface area contributed by atoms with Crippen molar-refractivity contribution < 1.29 is 93.7 Å². The van der Waals surface area contributed by atoms with E-state index in [-0.39, 0.29) is 44.3 Å². The van der Waals surface area contributed by atoms with Gasteiger partial charge in [0.1, 0.15) is 48.1 Å². The summed E-state index contributed by atoms with van der Waals surface area (Å²) in [5, 5.41) is 31.6. The summed E-state index contributed by atoms with van der Waals surface area (Å²) in [5.74, 6) is -3.80. The van der Waals surface area contributed by atoms with Gasteiger partial charge in [-0.3, -0.25) is 25.5 Å². The molecule has 0 radical (unpaired) electrons. The van der Waals surface area contributed by atoms with Crippen LogP contribution in [0, 0.1) is 6.92 Å². The summed E-state index contributed by atoms with van der Waals surface area (Å²) in [7, 11) is -28.6. The van der Waals surface area contributed by atoms with Crippen molar-refractivity contribution >= 4 is 156 Å². The number of benzene rings is 6. The van der Waals surface area contributed by atoms with Gasteiger partial charge in [0.05, 0.1) is 63.9 Å². The molecule has 0 aliphatic rings. The maximum absolute atomic E-state index is 13.6. The number of phenols is 1. The molecule has 1 heterocycles. The van der Waals surface area contributed by atoms with Crippen LogP contribution in [0.25, 0.3) is 21.5 Å². The number of nitrogens with zero attached hydrogens (tertiary/aromatic N) is 7. The smallest absolute Gasteiger partial charge is 0.399 e. The highest BCUT2D eigenvalue weighted by Gasteiger charge is 2.30. The molecule has 7 rings (SSSR count). The van der Waals surface area contributed by atoms with E-state index in [9.17, 15) is 68.6 Å². The van der Waals surface area contributed by atoms with Crippen LogP contribution in [0.5, 0.6) is 5.75 Å². The standard InChI is InChI=1S/C44H43ClN10O22S7/c1-23-10-12-27(78(57,58)17-16-77-84(70,71)76-6)21-31(23)48-44-50-42(45)49-43(51-44)47-26-11-15-34(81(64,65)73-3)32(20-26)53-55-39-35(82(66,67)74-4)19-24-18-25(22-79(59,60)61)38(40(56)36(24)37(39)46)54-52-30-14-13-28-29(41(30)83(68,69)75-5)8-7-9-33(28)80(62,63)72-2/h7-15,18-21,56H,16-17,22,46H2,1-6H3,(H,59,60,61)(H2,47,48,49,50,51). The zero-order valence-corrected chi connectivity index (χ0v) is 50.1. The SMILES string of the molecule is COS(=O)(=O)OCCS(=O)(=O)c1ccc(C)c(Nc2nc(Cl)nc(Nc3ccc(S(=O)(=O)OC)c(N=Nc4c(S(=O)(=O)OC)cc5cc(CS(=O)(=O)O)c(N=Nc6ccc7c(S(=O)(=O)OC)cccc7c6S(=O)(=O)OC)c(O)c5c4N)c3)n2)c1. The maximum Gasteiger partial charge on any atom is 0.399 e. The number of hydrogen-bond donors (Lipinski definition) is 5. The van der Waals surface area contributed by atoms with E-state index in [0.717, 1.165) is 78.0 Å². The highest BCUT2D eigenvalue weighted by molar-refractivity contribution is 7.91. The Morgan fingerprint density at radius 3 is 1.85 bits per heavy atom. The van der Waals surface area contributed by atoms with Crippen molar-refractivity contribution in [3.8, 4) is 5.75 Å². The minimum absolute atomic E-state index is 0.0715. The predicted octanol–water partition coefficient (Wildman–Crippen LogP) is 6.16. The van der Waals surface area contributed by atoms with Gasteiger partial charge >= 0.3 is 10.4 Å². The largest absolute Gasteiger partial charge is 0.505 e. The number of nitrogen functional groups attached to an aromatic ring is 1. The molecule has 450 valence electrons. The van der Waals surface area contributed by atoms with Crippen molar-refractivity contribution in [3.63, 3.8) is 0 Å². The zero-order valence-electron chi connectivity index (χ0n) is 43.6. The minimum atomic E-state index is -5.06. The molecule has 0 aliphatic heterocycles. The number of anilines is 5. The van der Waals surface area contributed by atoms with E-state index >= 15 is 0 Å². The van der Waals surface area contributed by atoms with Crippen LogP contribution in [0.2, 0.25) is 5.28 Å². The van der Waals surface area contributed by atoms with Gasteiger partial charge in [0, 0.05) is 27.7 Å². The van der Waals surface area contributed by atoms with Crippen molar-refractivity contribution in [1.29, 1.82) is 0 Å². The fraction of sp³-hybridized carbons (Fsp3) is 0.205. The summed E-state index contributed by atoms with van der Waals surface area (Å²) in [6.07, 6.45) is 0. The number of phenolic OH excluding ortho intramolecular Hbond substituents is 1. The van der Waals surface area contributed by atoms with Gasteiger partial charge in [-0.05, 0) is 84.1 Å². The average molecular weight is 1320 g/mol. The monoisotopic (exact) mass is 1320 g/mol. The number of aromatic nitrogens is 3. The lowest BCUT2D eigenvalue weighted by molar-refractivity contribution is 0.255. The predicted molar refractivity (Wildman–Crippen MR) is 297 cm³/mol. The molecule has 0 atom stereocenters. The van der Waals surface area contributed by atoms with Crippen molar-refractivity contribution in [2.45, 2.75) is 37.2 Å². The van der Waals surface area contributed by atoms with Crippen molar-refractivity contribution in [2.75, 3.05) is 64.3 Å². The third-order valence-electron chi connectivity index (χ3n) is 11.6. The Balaban J connectivity index is 1.34. The number of rotatable bonds is 24. The molecule has 1 aromatic heterocycles. The number of azo groups is 2. The quantitative estimate of drug-likeness (QED) is 0.0196. The number of aromatic hydroxyl groups is 1. The summed E-state index contributed by atoms with van der Waals surface area (Å²) >= 11 is 6.25. The van der Waals surface area contributed by atoms with Crippen LogP contribution < -0.4 is 16.4 Å². The number of sulfone groups is 1. The molecule has 0 fully saturated rings. The van der Waals surface area contributed by atoms with E-state index < -0.39 is 159 Å². The van der Waals surface area contributed by atoms with E-state index in [1.807, 2.05) is 0 Å². The Morgan fingerprint density at radius 1 is 0.607 bits per heavy atom. The van der Waals surface area contributed by atoms with Crippen LogP contribution in [0.1, 0.15) is 11.1 Å². The van der Waals surface area contributed by atoms with Crippen LogP contribution in [-0.4, -0.2) is 131 Å². The Morgan fingerprint density at radius 2 is 1.21 bits per heavy atom. The molecule has 0 amide bonds. The number of fused-ring (bicyclic) bond motifs is 2. The Hall–Kier alpha value is -7.09. The Kier molecular flexibility index (Phi) is 18.8. The fourth-order valence-corrected chi connectivity index (χ4v) is 13.5. The van der Waals surface area contributed by atoms with Gasteiger partial charge in [0.25, 0.3) is 50.6 Å². The summed E-state index contributed by atoms with van der Waals surface area (Å²) in [4.78, 5) is 9.18. The minimum Gasteiger partial charge on any atom is -0.505 e. The molecule has 0 aliphatic carbocycles. The number of hydrogen-bond acceptors (Lipinski definition) is 31. The lowest BCUT2D eigenvalue weighted by atomic mass is 10.0. The number of nitrogens with two attached hydrogens (primary N) is 1. The Labute approximate surface area is 484 Å². The second kappa shape index (κ2) is 24.5. The number of nitrogens with one attached hydrogen (secondary N) is 2. The molecule has 6 N–H and O–H groups in total. The number of halogens is 1. The summed E-state index contributed by atoms with van der Waals surface area (Å²) in [6.45, 7) is 0.832. The number of aryl methyl sites for hydroxylation is 1. The van der Waals surface area contributed by atoms with Gasteiger partial charge in [-0.1, -0.05) is 24.3 Å². The molecule has 40 heteroatoms. The molecule has 0 unspecified atom stereocenters. The van der Waals surface area contributed by atoms with Crippen molar-refractivity contribution in [3.05, 3.63) is 95.3 Å². The van der Waals surface area contributed by atoms with Crippen LogP contribution in [0.3, 0.4) is 0 Å². The topological polar surface area (TPSA) is 473 Å². The molecule has 0 bridgehead atoms. The zero-order chi connectivity index (χ0) is 62.1. The second-order valence-electron chi connectivity index (χ2n) is 16.7. The first-order chi connectivity index (χ1) is 39.1. The first-order valence-electron chi connectivity index (χ1n) is 22.7. The Bertz CT molecular complexity index is 4730. The van der Waals surface area contributed by atoms with Crippen LogP contribution >= 0.6 is 11.6 Å². The molecule has 6 aromatic carbocycles. The average Bonchev–Trinajstić information content (AvgIpc) is 1.03. The third kappa shape index (κ3) is 14.2. The maximum atomic E-state index is 13.6. The van der Waals surface area contributed by atoms with Crippen molar-refractivity contribution in [2.24, 2.45) is 20.5 Å². The van der Waals surface area contributed by atoms with E-state index in [1.54, 1.807) is 6.92 Å². The van der Waals surface area contributed by atoms with Gasteiger partial charge in [0.2, 0.25) is 17.2 Å². The van der Waals surface area contributed by atoms with Crippen LogP contribution in [0.15, 0.2) is 124 Å². The second-order valence-corrected chi connectivity index (χ2v) is 28.7. The lowest BCUT2D eigenvalue weighted by Crippen LogP contribution is -2.17. The molecule has 7 aromatic rings. The summed E-state index contributed by atoms with van der Waals surface area (Å²) in [5.41, 5.74) is 2.87. The van der Waals surface area contributed by atoms with Gasteiger partial charge in [-0.15, -0.1) is 20.5 Å². The molecule has 0 saturated carbocycles. The van der Waals surface area contributed by atoms with Gasteiger partial charge < -0.3 is 21.5 Å². The van der Waals surface area contributed by atoms with Gasteiger partial charge in [-0.25, -0.2) is 12.6 Å². The molecule has 0 saturated heterocycles. The highest BCUT2D eigenvalue weighted by Crippen LogP contribution is 2.49. The molecule has 0 spiro atoms. The van der Waals surface area contributed by atoms with Gasteiger partial charge in [0.15, 0.2) is 15.6 Å².